The molecular formula is C13H15N3OS. The highest BCUT2D eigenvalue weighted by molar-refractivity contribution is 7.14. The maximum atomic E-state index is 11.9. The molecule has 0 saturated heterocycles. The SMILES string of the molecule is Cc1cccnc1CNC(=O)c1cc(N)c(C)s1. The third-order valence-corrected chi connectivity index (χ3v) is 3.78. The Labute approximate surface area is 110 Å². The van der Waals surface area contributed by atoms with E-state index >= 15 is 0 Å². The molecule has 2 heterocycles. The summed E-state index contributed by atoms with van der Waals surface area (Å²) in [4.78, 5) is 17.7. The number of rotatable bonds is 3. The fourth-order valence-electron chi connectivity index (χ4n) is 1.56. The molecule has 0 spiro atoms. The third kappa shape index (κ3) is 2.68. The van der Waals surface area contributed by atoms with E-state index < -0.39 is 0 Å². The third-order valence-electron chi connectivity index (χ3n) is 2.71. The zero-order valence-electron chi connectivity index (χ0n) is 10.4. The molecule has 0 unspecified atom stereocenters. The first kappa shape index (κ1) is 12.6. The first-order valence-corrected chi connectivity index (χ1v) is 6.44. The van der Waals surface area contributed by atoms with Crippen LogP contribution in [0.2, 0.25) is 0 Å². The summed E-state index contributed by atoms with van der Waals surface area (Å²) >= 11 is 1.40. The van der Waals surface area contributed by atoms with Crippen LogP contribution < -0.4 is 11.1 Å². The monoisotopic (exact) mass is 261 g/mol. The van der Waals surface area contributed by atoms with Gasteiger partial charge in [-0.3, -0.25) is 9.78 Å². The normalized spacial score (nSPS) is 10.3. The van der Waals surface area contributed by atoms with Crippen LogP contribution in [0.3, 0.4) is 0 Å². The number of nitrogen functional groups attached to an aromatic ring is 1. The van der Waals surface area contributed by atoms with Gasteiger partial charge in [0.05, 0.1) is 17.1 Å². The molecule has 2 rings (SSSR count). The van der Waals surface area contributed by atoms with Gasteiger partial charge >= 0.3 is 0 Å². The number of aryl methyl sites for hydroxylation is 2. The highest BCUT2D eigenvalue weighted by atomic mass is 32.1. The van der Waals surface area contributed by atoms with Crippen LogP contribution in [0.4, 0.5) is 5.69 Å². The number of nitrogens with one attached hydrogen (secondary N) is 1. The maximum absolute atomic E-state index is 11.9. The predicted molar refractivity (Wildman–Crippen MR) is 73.6 cm³/mol. The summed E-state index contributed by atoms with van der Waals surface area (Å²) < 4.78 is 0. The van der Waals surface area contributed by atoms with Gasteiger partial charge in [-0.1, -0.05) is 6.07 Å². The number of hydrogen-bond acceptors (Lipinski definition) is 4. The fraction of sp³-hybridized carbons (Fsp3) is 0.231. The van der Waals surface area contributed by atoms with Gasteiger partial charge in [0.15, 0.2) is 0 Å². The van der Waals surface area contributed by atoms with Crippen molar-refractivity contribution in [2.24, 2.45) is 0 Å². The molecule has 0 radical (unpaired) electrons. The predicted octanol–water partition coefficient (Wildman–Crippen LogP) is 2.27. The van der Waals surface area contributed by atoms with Crippen molar-refractivity contribution in [2.75, 3.05) is 5.73 Å². The number of carbonyl (C=O) groups is 1. The quantitative estimate of drug-likeness (QED) is 0.890. The van der Waals surface area contributed by atoms with E-state index in [4.69, 9.17) is 5.73 Å². The van der Waals surface area contributed by atoms with Crippen LogP contribution in [-0.4, -0.2) is 10.9 Å². The van der Waals surface area contributed by atoms with E-state index in [1.165, 1.54) is 11.3 Å². The molecule has 0 bridgehead atoms. The Morgan fingerprint density at radius 2 is 2.28 bits per heavy atom. The van der Waals surface area contributed by atoms with E-state index in [0.717, 1.165) is 16.1 Å². The highest BCUT2D eigenvalue weighted by Crippen LogP contribution is 2.23. The fourth-order valence-corrected chi connectivity index (χ4v) is 2.42. The lowest BCUT2D eigenvalue weighted by Gasteiger charge is -2.05. The molecule has 3 N–H and O–H groups in total. The van der Waals surface area contributed by atoms with Crippen molar-refractivity contribution in [1.82, 2.24) is 10.3 Å². The van der Waals surface area contributed by atoms with Crippen LogP contribution in [0.1, 0.15) is 25.8 Å². The van der Waals surface area contributed by atoms with E-state index in [0.29, 0.717) is 17.1 Å². The number of anilines is 1. The van der Waals surface area contributed by atoms with Crippen molar-refractivity contribution in [2.45, 2.75) is 20.4 Å². The van der Waals surface area contributed by atoms with E-state index in [1.54, 1.807) is 12.3 Å². The smallest absolute Gasteiger partial charge is 0.261 e. The summed E-state index contributed by atoms with van der Waals surface area (Å²) in [5, 5.41) is 2.85. The first-order chi connectivity index (χ1) is 8.58. The standard InChI is InChI=1S/C13H15N3OS/c1-8-4-3-5-15-11(8)7-16-13(17)12-6-10(14)9(2)18-12/h3-6H,7,14H2,1-2H3,(H,16,17). The number of nitrogens with two attached hydrogens (primary N) is 1. The van der Waals surface area contributed by atoms with Gasteiger partial charge < -0.3 is 11.1 Å². The number of aromatic nitrogens is 1. The van der Waals surface area contributed by atoms with Gasteiger partial charge in [-0.05, 0) is 31.5 Å². The second-order valence-electron chi connectivity index (χ2n) is 4.07. The number of pyridine rings is 1. The van der Waals surface area contributed by atoms with Crippen LogP contribution >= 0.6 is 11.3 Å². The van der Waals surface area contributed by atoms with Crippen LogP contribution in [0, 0.1) is 13.8 Å². The average molecular weight is 261 g/mol. The molecule has 0 atom stereocenters. The van der Waals surface area contributed by atoms with Crippen LogP contribution in [0.15, 0.2) is 24.4 Å². The largest absolute Gasteiger partial charge is 0.398 e. The van der Waals surface area contributed by atoms with Crippen LogP contribution in [0.25, 0.3) is 0 Å². The molecular weight excluding hydrogens is 246 g/mol. The lowest BCUT2D eigenvalue weighted by molar-refractivity contribution is 0.0954. The van der Waals surface area contributed by atoms with E-state index in [-0.39, 0.29) is 5.91 Å². The Bertz CT molecular complexity index is 558. The second-order valence-corrected chi connectivity index (χ2v) is 5.33. The number of nitrogens with zero attached hydrogens (tertiary/aromatic N) is 1. The Morgan fingerprint density at radius 1 is 1.50 bits per heavy atom. The molecule has 18 heavy (non-hydrogen) atoms. The van der Waals surface area contributed by atoms with Gasteiger partial charge in [-0.2, -0.15) is 0 Å². The summed E-state index contributed by atoms with van der Waals surface area (Å²) in [5.74, 6) is -0.107. The molecule has 2 aromatic heterocycles. The minimum Gasteiger partial charge on any atom is -0.398 e. The van der Waals surface area contributed by atoms with Crippen molar-refractivity contribution >= 4 is 22.9 Å². The molecule has 0 aliphatic rings. The molecule has 94 valence electrons. The minimum atomic E-state index is -0.107. The number of hydrogen-bond donors (Lipinski definition) is 2. The van der Waals surface area contributed by atoms with Crippen molar-refractivity contribution in [3.63, 3.8) is 0 Å². The Hall–Kier alpha value is -1.88. The van der Waals surface area contributed by atoms with Crippen molar-refractivity contribution in [1.29, 1.82) is 0 Å². The molecule has 1 amide bonds. The molecule has 5 heteroatoms. The zero-order chi connectivity index (χ0) is 13.1. The Balaban J connectivity index is 2.03. The Kier molecular flexibility index (Phi) is 3.62. The maximum Gasteiger partial charge on any atom is 0.261 e. The lowest BCUT2D eigenvalue weighted by Crippen LogP contribution is -2.22. The molecule has 0 aliphatic heterocycles. The molecule has 2 aromatic rings. The van der Waals surface area contributed by atoms with Crippen molar-refractivity contribution in [3.8, 4) is 0 Å². The van der Waals surface area contributed by atoms with Gasteiger partial charge in [0.1, 0.15) is 0 Å². The van der Waals surface area contributed by atoms with Gasteiger partial charge in [0.2, 0.25) is 0 Å². The van der Waals surface area contributed by atoms with Gasteiger partial charge in [0.25, 0.3) is 5.91 Å². The Morgan fingerprint density at radius 3 is 2.89 bits per heavy atom. The highest BCUT2D eigenvalue weighted by Gasteiger charge is 2.11. The lowest BCUT2D eigenvalue weighted by atomic mass is 10.2. The van der Waals surface area contributed by atoms with Crippen molar-refractivity contribution < 1.29 is 4.79 Å². The summed E-state index contributed by atoms with van der Waals surface area (Å²) in [6.07, 6.45) is 1.72. The average Bonchev–Trinajstić information content (AvgIpc) is 2.68. The zero-order valence-corrected chi connectivity index (χ0v) is 11.2. The van der Waals surface area contributed by atoms with Crippen LogP contribution in [0.5, 0.6) is 0 Å². The number of carbonyl (C=O) groups excluding carboxylic acids is 1. The number of amides is 1. The summed E-state index contributed by atoms with van der Waals surface area (Å²) in [6, 6.07) is 5.56. The minimum absolute atomic E-state index is 0.107. The molecule has 0 saturated carbocycles. The van der Waals surface area contributed by atoms with Crippen LogP contribution in [-0.2, 0) is 6.54 Å². The van der Waals surface area contributed by atoms with E-state index in [9.17, 15) is 4.79 Å². The summed E-state index contributed by atoms with van der Waals surface area (Å²) in [6.45, 7) is 4.31. The van der Waals surface area contributed by atoms with E-state index in [1.807, 2.05) is 26.0 Å². The van der Waals surface area contributed by atoms with Crippen molar-refractivity contribution in [3.05, 3.63) is 45.4 Å². The summed E-state index contributed by atoms with van der Waals surface area (Å²) in [5.41, 5.74) is 8.34. The van der Waals surface area contributed by atoms with E-state index in [2.05, 4.69) is 10.3 Å². The molecule has 0 aromatic carbocycles. The first-order valence-electron chi connectivity index (χ1n) is 5.62. The molecule has 0 aliphatic carbocycles. The molecule has 4 nitrogen and oxygen atoms in total. The number of thiophene rings is 1. The topological polar surface area (TPSA) is 68.0 Å². The summed E-state index contributed by atoms with van der Waals surface area (Å²) in [7, 11) is 0. The second kappa shape index (κ2) is 5.18. The molecule has 0 fully saturated rings. The van der Waals surface area contributed by atoms with Gasteiger partial charge in [-0.15, -0.1) is 11.3 Å². The van der Waals surface area contributed by atoms with Gasteiger partial charge in [-0.25, -0.2) is 0 Å². The van der Waals surface area contributed by atoms with Gasteiger partial charge in [0, 0.05) is 16.8 Å².